The number of aliphatic hydroxyl groups excluding tert-OH is 1. The number of aromatic amines is 1. The zero-order valence-corrected chi connectivity index (χ0v) is 21.1. The van der Waals surface area contributed by atoms with Crippen LogP contribution < -0.4 is 10.2 Å². The van der Waals surface area contributed by atoms with Gasteiger partial charge < -0.3 is 10.4 Å². The van der Waals surface area contributed by atoms with E-state index in [2.05, 4.69) is 41.5 Å². The summed E-state index contributed by atoms with van der Waals surface area (Å²) < 4.78 is 0. The summed E-state index contributed by atoms with van der Waals surface area (Å²) in [5.41, 5.74) is 1.81. The van der Waals surface area contributed by atoms with Crippen LogP contribution in [0.2, 0.25) is 0 Å². The topological polar surface area (TPSA) is 138 Å². The number of hydrogen-bond donors (Lipinski definition) is 3. The smallest absolute Gasteiger partial charge is 0.251 e. The highest BCUT2D eigenvalue weighted by atomic mass is 16.3. The Labute approximate surface area is 211 Å². The molecule has 1 aliphatic heterocycles. The Balaban J connectivity index is 1.75. The number of aliphatic hydroxyl groups is 1. The van der Waals surface area contributed by atoms with Crippen LogP contribution in [0.1, 0.15) is 76.6 Å². The molecule has 10 nitrogen and oxygen atoms in total. The lowest BCUT2D eigenvalue weighted by atomic mass is 9.87. The zero-order chi connectivity index (χ0) is 25.9. The maximum atomic E-state index is 14.1. The molecule has 1 aromatic carbocycles. The predicted molar refractivity (Wildman–Crippen MR) is 133 cm³/mol. The molecule has 1 aromatic heterocycles. The first-order valence-corrected chi connectivity index (χ1v) is 12.6. The van der Waals surface area contributed by atoms with Crippen LogP contribution in [0.25, 0.3) is 0 Å². The molecule has 10 heteroatoms. The Kier molecular flexibility index (Phi) is 7.59. The molecule has 2 aromatic rings. The van der Waals surface area contributed by atoms with E-state index >= 15 is 0 Å². The summed E-state index contributed by atoms with van der Waals surface area (Å²) in [5, 5.41) is 33.6. The van der Waals surface area contributed by atoms with Crippen molar-refractivity contribution in [2.75, 3.05) is 11.4 Å². The number of carbonyl (C=O) groups is 2. The summed E-state index contributed by atoms with van der Waals surface area (Å²) in [6.45, 7) is 6.38. The number of β-amino-alcohol motifs (C(OH)–C–C–N with tert-alkyl or cyclic N) is 1. The van der Waals surface area contributed by atoms with Gasteiger partial charge in [0, 0.05) is 18.2 Å². The predicted octanol–water partition coefficient (Wildman–Crippen LogP) is 2.54. The van der Waals surface area contributed by atoms with Crippen molar-refractivity contribution >= 4 is 17.5 Å². The first-order valence-electron chi connectivity index (χ1n) is 12.6. The number of nitriles is 1. The summed E-state index contributed by atoms with van der Waals surface area (Å²) in [5.74, 6) is -0.783. The fourth-order valence-corrected chi connectivity index (χ4v) is 5.10. The maximum Gasteiger partial charge on any atom is 0.251 e. The van der Waals surface area contributed by atoms with Crippen LogP contribution in [-0.4, -0.2) is 62.0 Å². The van der Waals surface area contributed by atoms with Gasteiger partial charge in [0.2, 0.25) is 5.91 Å². The number of anilines is 1. The monoisotopic (exact) mass is 493 g/mol. The average molecular weight is 494 g/mol. The molecule has 1 saturated heterocycles. The lowest BCUT2D eigenvalue weighted by Gasteiger charge is -2.34. The number of rotatable bonds is 6. The van der Waals surface area contributed by atoms with Crippen LogP contribution in [0.5, 0.6) is 0 Å². The normalized spacial score (nSPS) is 21.6. The van der Waals surface area contributed by atoms with Crippen LogP contribution in [0.3, 0.4) is 0 Å². The third kappa shape index (κ3) is 5.51. The van der Waals surface area contributed by atoms with Gasteiger partial charge in [-0.05, 0) is 36.0 Å². The van der Waals surface area contributed by atoms with Crippen LogP contribution in [0.15, 0.2) is 30.5 Å². The SMILES string of the molecule is CC(C)(C)c1ccc(N(C(=O)C2CC(O)CN2C#N)C(C(=O)NC2CCCCC2)c2cn[nH]n2)cc1. The molecule has 0 spiro atoms. The van der Waals surface area contributed by atoms with Crippen LogP contribution in [0.4, 0.5) is 5.69 Å². The second-order valence-corrected chi connectivity index (χ2v) is 10.8. The van der Waals surface area contributed by atoms with E-state index in [4.69, 9.17) is 0 Å². The number of carbonyl (C=O) groups excluding carboxylic acids is 2. The number of likely N-dealkylation sites (tertiary alicyclic amines) is 1. The fourth-order valence-electron chi connectivity index (χ4n) is 5.10. The lowest BCUT2D eigenvalue weighted by molar-refractivity contribution is -0.128. The van der Waals surface area contributed by atoms with Crippen molar-refractivity contribution in [2.24, 2.45) is 0 Å². The van der Waals surface area contributed by atoms with Gasteiger partial charge in [-0.25, -0.2) is 0 Å². The second-order valence-electron chi connectivity index (χ2n) is 10.8. The summed E-state index contributed by atoms with van der Waals surface area (Å²) in [6.07, 6.45) is 7.81. The average Bonchev–Trinajstić information content (AvgIpc) is 3.52. The van der Waals surface area contributed by atoms with E-state index in [1.807, 2.05) is 30.5 Å². The molecule has 1 saturated carbocycles. The maximum absolute atomic E-state index is 14.1. The number of benzene rings is 1. The Bertz CT molecular complexity index is 1080. The third-order valence-corrected chi connectivity index (χ3v) is 7.11. The Hall–Kier alpha value is -3.45. The molecule has 2 heterocycles. The van der Waals surface area contributed by atoms with E-state index in [0.717, 1.165) is 37.7 Å². The molecule has 3 N–H and O–H groups in total. The van der Waals surface area contributed by atoms with E-state index in [0.29, 0.717) is 11.4 Å². The molecule has 0 radical (unpaired) electrons. The van der Waals surface area contributed by atoms with Crippen molar-refractivity contribution < 1.29 is 14.7 Å². The Morgan fingerprint density at radius 2 is 1.92 bits per heavy atom. The van der Waals surface area contributed by atoms with E-state index in [1.165, 1.54) is 16.0 Å². The first-order chi connectivity index (χ1) is 17.2. The van der Waals surface area contributed by atoms with Crippen LogP contribution in [0, 0.1) is 11.5 Å². The largest absolute Gasteiger partial charge is 0.391 e. The van der Waals surface area contributed by atoms with Gasteiger partial charge in [-0.3, -0.25) is 19.4 Å². The van der Waals surface area contributed by atoms with Crippen molar-refractivity contribution in [3.63, 3.8) is 0 Å². The summed E-state index contributed by atoms with van der Waals surface area (Å²) >= 11 is 0. The molecular formula is C26H35N7O3. The van der Waals surface area contributed by atoms with E-state index in [1.54, 1.807) is 0 Å². The van der Waals surface area contributed by atoms with Gasteiger partial charge in [-0.1, -0.05) is 52.2 Å². The van der Waals surface area contributed by atoms with Crippen LogP contribution >= 0.6 is 0 Å². The third-order valence-electron chi connectivity index (χ3n) is 7.11. The molecular weight excluding hydrogens is 458 g/mol. The molecule has 0 bridgehead atoms. The quantitative estimate of drug-likeness (QED) is 0.526. The van der Waals surface area contributed by atoms with E-state index in [-0.39, 0.29) is 30.3 Å². The number of aromatic nitrogens is 3. The van der Waals surface area contributed by atoms with Crippen molar-refractivity contribution in [1.82, 2.24) is 25.6 Å². The van der Waals surface area contributed by atoms with Gasteiger partial charge in [-0.2, -0.15) is 20.7 Å². The second kappa shape index (κ2) is 10.7. The molecule has 2 fully saturated rings. The summed E-state index contributed by atoms with van der Waals surface area (Å²) in [4.78, 5) is 30.5. The number of hydrogen-bond acceptors (Lipinski definition) is 7. The first kappa shape index (κ1) is 25.6. The lowest BCUT2D eigenvalue weighted by Crippen LogP contribution is -2.51. The number of amides is 2. The molecule has 3 unspecified atom stereocenters. The fraction of sp³-hybridized carbons (Fsp3) is 0.577. The van der Waals surface area contributed by atoms with Gasteiger partial charge in [0.1, 0.15) is 11.7 Å². The molecule has 2 aliphatic rings. The minimum atomic E-state index is -1.09. The van der Waals surface area contributed by atoms with Gasteiger partial charge >= 0.3 is 0 Å². The van der Waals surface area contributed by atoms with Crippen molar-refractivity contribution in [3.05, 3.63) is 41.7 Å². The number of H-pyrrole nitrogens is 1. The molecule has 36 heavy (non-hydrogen) atoms. The zero-order valence-electron chi connectivity index (χ0n) is 21.1. The molecule has 192 valence electrons. The highest BCUT2D eigenvalue weighted by Crippen LogP contribution is 2.33. The highest BCUT2D eigenvalue weighted by molar-refractivity contribution is 6.03. The molecule has 2 amide bonds. The Morgan fingerprint density at radius 3 is 2.50 bits per heavy atom. The molecule has 3 atom stereocenters. The highest BCUT2D eigenvalue weighted by Gasteiger charge is 2.43. The van der Waals surface area contributed by atoms with Gasteiger partial charge in [0.05, 0.1) is 18.8 Å². The van der Waals surface area contributed by atoms with Gasteiger partial charge in [-0.15, -0.1) is 0 Å². The summed E-state index contributed by atoms with van der Waals surface area (Å²) in [6, 6.07) is 5.59. The minimum absolute atomic E-state index is 0.0322. The van der Waals surface area contributed by atoms with Gasteiger partial charge in [0.25, 0.3) is 5.91 Å². The number of nitrogens with zero attached hydrogens (tertiary/aromatic N) is 5. The van der Waals surface area contributed by atoms with Gasteiger partial charge in [0.15, 0.2) is 12.2 Å². The summed E-state index contributed by atoms with van der Waals surface area (Å²) in [7, 11) is 0. The van der Waals surface area contributed by atoms with Crippen molar-refractivity contribution in [3.8, 4) is 6.19 Å². The molecule has 1 aliphatic carbocycles. The van der Waals surface area contributed by atoms with Crippen molar-refractivity contribution in [1.29, 1.82) is 5.26 Å². The Morgan fingerprint density at radius 1 is 1.22 bits per heavy atom. The molecule has 4 rings (SSSR count). The standard InChI is InChI=1S/C26H35N7O3/c1-26(2,3)17-9-11-19(12-10-17)33(25(36)22-13-20(34)15-32(22)16-27)23(21-14-28-31-30-21)24(35)29-18-7-5-4-6-8-18/h9-12,14,18,20,22-23,34H,4-8,13,15H2,1-3H3,(H,29,35)(H,28,30,31). The van der Waals surface area contributed by atoms with Crippen LogP contribution in [-0.2, 0) is 15.0 Å². The van der Waals surface area contributed by atoms with Crippen molar-refractivity contribution in [2.45, 2.75) is 88.9 Å². The van der Waals surface area contributed by atoms with E-state index < -0.39 is 24.1 Å². The number of nitrogens with one attached hydrogen (secondary N) is 2. The minimum Gasteiger partial charge on any atom is -0.391 e. The van der Waals surface area contributed by atoms with E-state index in [9.17, 15) is 20.0 Å².